The van der Waals surface area contributed by atoms with Crippen LogP contribution in [0.1, 0.15) is 47.2 Å². The zero-order valence-corrected chi connectivity index (χ0v) is 20.5. The minimum absolute atomic E-state index is 0.618. The summed E-state index contributed by atoms with van der Waals surface area (Å²) in [6, 6.07) is 4.20. The minimum Gasteiger partial charge on any atom is -0.359 e. The van der Waals surface area contributed by atoms with E-state index in [1.165, 1.54) is 0 Å². The summed E-state index contributed by atoms with van der Waals surface area (Å²) in [4.78, 5) is 4.97. The van der Waals surface area contributed by atoms with E-state index in [0.717, 1.165) is 16.7 Å². The van der Waals surface area contributed by atoms with Crippen molar-refractivity contribution in [3.05, 3.63) is 29.0 Å². The predicted octanol–water partition coefficient (Wildman–Crippen LogP) is 6.94. The Morgan fingerprint density at radius 2 is 1.54 bits per heavy atom. The lowest BCUT2D eigenvalue weighted by molar-refractivity contribution is 0.770. The summed E-state index contributed by atoms with van der Waals surface area (Å²) in [6.45, 7) is 21.0. The molecule has 5 heteroatoms. The fourth-order valence-corrected chi connectivity index (χ4v) is 11.8. The van der Waals surface area contributed by atoms with Crippen LogP contribution in [0.5, 0.6) is 0 Å². The van der Waals surface area contributed by atoms with Crippen molar-refractivity contribution < 1.29 is 0 Å². The van der Waals surface area contributed by atoms with Crippen molar-refractivity contribution in [2.45, 2.75) is 77.8 Å². The lowest BCUT2D eigenvalue weighted by Crippen LogP contribution is -2.51. The van der Waals surface area contributed by atoms with Gasteiger partial charge in [0.25, 0.3) is 0 Å². The number of rotatable bonds is 4. The Hall–Kier alpha value is -1.03. The molecule has 2 rings (SSSR count). The molecule has 2 aromatic rings. The minimum atomic E-state index is -1.84. The van der Waals surface area contributed by atoms with E-state index in [-0.39, 0.29) is 0 Å². The fraction of sp³-hybridized carbons (Fsp3) is 0.571. The van der Waals surface area contributed by atoms with Gasteiger partial charge in [-0.25, -0.2) is 4.98 Å². The summed E-state index contributed by atoms with van der Waals surface area (Å²) in [5, 5.41) is 1.78. The smallest absolute Gasteiger partial charge is 0.171 e. The van der Waals surface area contributed by atoms with Crippen molar-refractivity contribution in [3.63, 3.8) is 0 Å². The lowest BCUT2D eigenvalue weighted by atomic mass is 10.3. The molecule has 0 saturated heterocycles. The zero-order chi connectivity index (χ0) is 19.9. The zero-order valence-electron chi connectivity index (χ0n) is 17.7. The Kier molecular flexibility index (Phi) is 6.17. The maximum absolute atomic E-state index is 6.50. The number of hydrogen-bond donors (Lipinski definition) is 0. The van der Waals surface area contributed by atoms with E-state index in [0.29, 0.717) is 21.6 Å². The highest BCUT2D eigenvalue weighted by Gasteiger charge is 2.46. The molecule has 0 aliphatic heterocycles. The molecule has 0 saturated carbocycles. The van der Waals surface area contributed by atoms with Crippen molar-refractivity contribution in [1.82, 2.24) is 9.22 Å². The average Bonchev–Trinajstić information content (AvgIpc) is 2.86. The van der Waals surface area contributed by atoms with Crippen LogP contribution in [-0.2, 0) is 0 Å². The molecule has 0 fully saturated rings. The van der Waals surface area contributed by atoms with Gasteiger partial charge < -0.3 is 4.23 Å². The van der Waals surface area contributed by atoms with Gasteiger partial charge in [-0.3, -0.25) is 0 Å². The second-order valence-electron chi connectivity index (χ2n) is 9.27. The molecule has 0 unspecified atom stereocenters. The highest BCUT2D eigenvalue weighted by molar-refractivity contribution is 6.84. The molecular weight excluding hydrogens is 372 g/mol. The molecule has 0 aliphatic rings. The number of hydrogen-bond acceptors (Lipinski definition) is 1. The molecule has 26 heavy (non-hydrogen) atoms. The number of pyridine rings is 1. The van der Waals surface area contributed by atoms with Gasteiger partial charge in [0, 0.05) is 5.39 Å². The number of fused-ring (bicyclic) bond motifs is 1. The molecule has 0 atom stereocenters. The quantitative estimate of drug-likeness (QED) is 0.398. The van der Waals surface area contributed by atoms with E-state index in [4.69, 9.17) is 16.6 Å². The second-order valence-corrected chi connectivity index (χ2v) is 20.1. The number of aromatic nitrogens is 2. The summed E-state index contributed by atoms with van der Waals surface area (Å²) in [5.41, 5.74) is 7.04. The van der Waals surface area contributed by atoms with Gasteiger partial charge in [-0.05, 0) is 35.0 Å². The molecule has 2 nitrogen and oxygen atoms in total. The van der Waals surface area contributed by atoms with Crippen LogP contribution in [0.15, 0.2) is 18.3 Å². The fourth-order valence-electron chi connectivity index (χ4n) is 4.52. The highest BCUT2D eigenvalue weighted by atomic mass is 35.5. The first kappa shape index (κ1) is 21.3. The lowest BCUT2D eigenvalue weighted by Gasteiger charge is -2.44. The van der Waals surface area contributed by atoms with Gasteiger partial charge in [0.05, 0.1) is 5.02 Å². The van der Waals surface area contributed by atoms with Crippen molar-refractivity contribution in [3.8, 4) is 11.5 Å². The highest BCUT2D eigenvalue weighted by Crippen LogP contribution is 2.44. The molecule has 0 aliphatic carbocycles. The Morgan fingerprint density at radius 3 is 2.00 bits per heavy atom. The van der Waals surface area contributed by atoms with Crippen molar-refractivity contribution in [2.75, 3.05) is 0 Å². The first-order valence-corrected chi connectivity index (χ1v) is 15.7. The first-order valence-electron chi connectivity index (χ1n) is 9.62. The van der Waals surface area contributed by atoms with Gasteiger partial charge in [-0.1, -0.05) is 78.7 Å². The van der Waals surface area contributed by atoms with Crippen LogP contribution in [0.2, 0.25) is 41.3 Å². The molecule has 0 radical (unpaired) electrons. The van der Waals surface area contributed by atoms with Gasteiger partial charge in [0.2, 0.25) is 0 Å². The third-order valence-corrected chi connectivity index (χ3v) is 13.3. The molecule has 0 aromatic carbocycles. The van der Waals surface area contributed by atoms with E-state index in [9.17, 15) is 0 Å². The van der Waals surface area contributed by atoms with E-state index >= 15 is 0 Å². The maximum Gasteiger partial charge on any atom is 0.171 e. The third-order valence-electron chi connectivity index (χ3n) is 5.36. The van der Waals surface area contributed by atoms with E-state index < -0.39 is 16.3 Å². The van der Waals surface area contributed by atoms with E-state index in [1.807, 2.05) is 6.07 Å². The van der Waals surface area contributed by atoms with Gasteiger partial charge in [-0.15, -0.1) is 5.54 Å². The maximum atomic E-state index is 6.50. The Bertz CT molecular complexity index is 827. The molecule has 2 aromatic heterocycles. The molecule has 0 bridgehead atoms. The van der Waals surface area contributed by atoms with Gasteiger partial charge in [0.1, 0.15) is 19.4 Å². The topological polar surface area (TPSA) is 17.8 Å². The summed E-state index contributed by atoms with van der Waals surface area (Å²) in [7, 11) is -3.32. The monoisotopic (exact) mass is 404 g/mol. The van der Waals surface area contributed by atoms with Gasteiger partial charge in [0.15, 0.2) is 8.24 Å². The van der Waals surface area contributed by atoms with Gasteiger partial charge in [-0.2, -0.15) is 0 Å². The Labute approximate surface area is 166 Å². The van der Waals surface area contributed by atoms with Crippen molar-refractivity contribution >= 4 is 38.9 Å². The summed E-state index contributed by atoms with van der Waals surface area (Å²) in [6.07, 6.45) is 2.25. The summed E-state index contributed by atoms with van der Waals surface area (Å²) >= 11 is 6.50. The average molecular weight is 405 g/mol. The Balaban J connectivity index is 2.78. The van der Waals surface area contributed by atoms with Crippen LogP contribution in [0.4, 0.5) is 0 Å². The summed E-state index contributed by atoms with van der Waals surface area (Å²) < 4.78 is 2.53. The first-order chi connectivity index (χ1) is 11.9. The van der Waals surface area contributed by atoms with Crippen LogP contribution in [-0.4, -0.2) is 25.5 Å². The molecular formula is C21H33ClN2Si2. The normalized spacial score (nSPS) is 13.0. The SMILES string of the molecule is CC(C)[Si](C(C)C)(C(C)C)n1ccc2cc(Cl)c(C#C[Si](C)(C)C)nc21. The molecule has 0 N–H and O–H groups in total. The molecule has 2 heterocycles. The third kappa shape index (κ3) is 3.81. The predicted molar refractivity (Wildman–Crippen MR) is 121 cm³/mol. The number of halogens is 1. The van der Waals surface area contributed by atoms with Crippen LogP contribution >= 0.6 is 11.6 Å². The second kappa shape index (κ2) is 7.54. The largest absolute Gasteiger partial charge is 0.359 e. The van der Waals surface area contributed by atoms with Crippen LogP contribution in [0, 0.1) is 11.5 Å². The standard InChI is InChI=1S/C21H33ClN2Si2/c1-15(2)26(16(3)4,17(5)6)24-12-10-18-14-19(22)20(23-21(18)24)11-13-25(7,8)9/h10,12,14-17H,1-9H3. The van der Waals surface area contributed by atoms with Crippen LogP contribution in [0.25, 0.3) is 11.0 Å². The molecule has 0 amide bonds. The van der Waals surface area contributed by atoms with Crippen molar-refractivity contribution in [2.24, 2.45) is 0 Å². The van der Waals surface area contributed by atoms with Crippen LogP contribution < -0.4 is 0 Å². The molecule has 0 spiro atoms. The Morgan fingerprint density at radius 1 is 1.00 bits per heavy atom. The summed E-state index contributed by atoms with van der Waals surface area (Å²) in [5.74, 6) is 3.27. The van der Waals surface area contributed by atoms with E-state index in [2.05, 4.69) is 89.1 Å². The number of nitrogens with zero attached hydrogens (tertiary/aromatic N) is 2. The van der Waals surface area contributed by atoms with E-state index in [1.54, 1.807) is 0 Å². The van der Waals surface area contributed by atoms with Crippen LogP contribution in [0.3, 0.4) is 0 Å². The van der Waals surface area contributed by atoms with Gasteiger partial charge >= 0.3 is 0 Å². The molecule has 142 valence electrons. The van der Waals surface area contributed by atoms with Crippen molar-refractivity contribution in [1.29, 1.82) is 0 Å².